The lowest BCUT2D eigenvalue weighted by Crippen LogP contribution is -2.33. The highest BCUT2D eigenvalue weighted by Crippen LogP contribution is 2.34. The van der Waals surface area contributed by atoms with E-state index >= 15 is 0 Å². The van der Waals surface area contributed by atoms with Crippen LogP contribution >= 0.6 is 0 Å². The van der Waals surface area contributed by atoms with E-state index < -0.39 is 5.97 Å². The molecule has 4 heteroatoms. The third-order valence-corrected chi connectivity index (χ3v) is 4.98. The van der Waals surface area contributed by atoms with Crippen molar-refractivity contribution in [1.82, 2.24) is 5.32 Å². The van der Waals surface area contributed by atoms with Crippen molar-refractivity contribution in [3.05, 3.63) is 71.3 Å². The second-order valence-corrected chi connectivity index (χ2v) is 7.79. The molecular weight excluding hydrogens is 326 g/mol. The number of carbonyl (C=O) groups is 2. The van der Waals surface area contributed by atoms with E-state index in [0.29, 0.717) is 17.5 Å². The molecule has 4 nitrogen and oxygen atoms in total. The Kier molecular flexibility index (Phi) is 6.19. The van der Waals surface area contributed by atoms with Gasteiger partial charge in [-0.2, -0.15) is 0 Å². The van der Waals surface area contributed by atoms with Crippen molar-refractivity contribution >= 4 is 11.9 Å². The highest BCUT2D eigenvalue weighted by atomic mass is 16.4. The van der Waals surface area contributed by atoms with Gasteiger partial charge in [-0.25, -0.2) is 4.79 Å². The van der Waals surface area contributed by atoms with E-state index in [1.165, 1.54) is 0 Å². The number of aromatic carboxylic acids is 1. The smallest absolute Gasteiger partial charge is 0.336 e. The molecule has 2 aromatic carbocycles. The quantitative estimate of drug-likeness (QED) is 0.774. The normalized spacial score (nSPS) is 13.7. The van der Waals surface area contributed by atoms with Crippen LogP contribution in [0.5, 0.6) is 0 Å². The average Bonchev–Trinajstić information content (AvgIpc) is 2.60. The van der Waals surface area contributed by atoms with Crippen molar-refractivity contribution in [2.75, 3.05) is 0 Å². The molecule has 0 saturated carbocycles. The number of rotatable bonds is 6. The summed E-state index contributed by atoms with van der Waals surface area (Å²) in [6, 6.07) is 15.5. The minimum atomic E-state index is -0.983. The molecule has 0 fully saturated rings. The number of amides is 1. The van der Waals surface area contributed by atoms with Gasteiger partial charge in [-0.3, -0.25) is 4.79 Å². The average molecular weight is 353 g/mol. The zero-order valence-corrected chi connectivity index (χ0v) is 15.8. The van der Waals surface area contributed by atoms with Gasteiger partial charge in [0.15, 0.2) is 0 Å². The van der Waals surface area contributed by atoms with Crippen molar-refractivity contribution < 1.29 is 14.7 Å². The Bertz CT molecular complexity index is 762. The first-order valence-electron chi connectivity index (χ1n) is 8.88. The van der Waals surface area contributed by atoms with Crippen molar-refractivity contribution in [2.45, 2.75) is 40.2 Å². The molecule has 2 N–H and O–H groups in total. The van der Waals surface area contributed by atoms with E-state index in [4.69, 9.17) is 0 Å². The second-order valence-electron chi connectivity index (χ2n) is 7.79. The van der Waals surface area contributed by atoms with Crippen LogP contribution in [-0.2, 0) is 0 Å². The fourth-order valence-electron chi connectivity index (χ4n) is 2.80. The Balaban J connectivity index is 2.37. The van der Waals surface area contributed by atoms with Gasteiger partial charge in [0.25, 0.3) is 5.91 Å². The van der Waals surface area contributed by atoms with Gasteiger partial charge in [0, 0.05) is 5.56 Å². The summed E-state index contributed by atoms with van der Waals surface area (Å²) in [6.07, 6.45) is 0.659. The predicted molar refractivity (Wildman–Crippen MR) is 103 cm³/mol. The molecule has 0 spiro atoms. The lowest BCUT2D eigenvalue weighted by atomic mass is 9.77. The molecule has 0 heterocycles. The van der Waals surface area contributed by atoms with Gasteiger partial charge < -0.3 is 10.4 Å². The monoisotopic (exact) mass is 353 g/mol. The van der Waals surface area contributed by atoms with Crippen molar-refractivity contribution in [3.8, 4) is 0 Å². The van der Waals surface area contributed by atoms with Crippen molar-refractivity contribution in [1.29, 1.82) is 0 Å². The molecule has 0 aliphatic carbocycles. The summed E-state index contributed by atoms with van der Waals surface area (Å²) in [6.45, 7) is 8.58. The first-order chi connectivity index (χ1) is 12.2. The van der Waals surface area contributed by atoms with Crippen LogP contribution in [0.3, 0.4) is 0 Å². The Morgan fingerprint density at radius 1 is 1.00 bits per heavy atom. The first-order valence-corrected chi connectivity index (χ1v) is 8.88. The molecule has 1 amide bonds. The minimum Gasteiger partial charge on any atom is -0.478 e. The largest absolute Gasteiger partial charge is 0.478 e. The molecule has 2 unspecified atom stereocenters. The molecule has 0 bridgehead atoms. The predicted octanol–water partition coefficient (Wildman–Crippen LogP) is 4.93. The maximum Gasteiger partial charge on any atom is 0.336 e. The standard InChI is InChI=1S/C22H27NO3/c1-15(22(2,3)4)14-19(17-12-8-9-13-18(17)21(25)26)23-20(24)16-10-6-5-7-11-16/h5-13,15,19H,14H2,1-4H3,(H,23,24)(H,25,26). The first kappa shape index (κ1) is 19.7. The maximum absolute atomic E-state index is 12.7. The van der Waals surface area contributed by atoms with E-state index in [0.717, 1.165) is 0 Å². The van der Waals surface area contributed by atoms with E-state index in [2.05, 4.69) is 33.0 Å². The van der Waals surface area contributed by atoms with E-state index in [1.54, 1.807) is 30.3 Å². The van der Waals surface area contributed by atoms with Crippen molar-refractivity contribution in [3.63, 3.8) is 0 Å². The summed E-state index contributed by atoms with van der Waals surface area (Å²) < 4.78 is 0. The molecule has 0 saturated heterocycles. The summed E-state index contributed by atoms with van der Waals surface area (Å²) >= 11 is 0. The number of hydrogen-bond acceptors (Lipinski definition) is 2. The molecule has 2 rings (SSSR count). The van der Waals surface area contributed by atoms with E-state index in [1.807, 2.05) is 24.3 Å². The van der Waals surface area contributed by atoms with E-state index in [-0.39, 0.29) is 28.8 Å². The SMILES string of the molecule is CC(CC(NC(=O)c1ccccc1)c1ccccc1C(=O)O)C(C)(C)C. The Labute approximate surface area is 155 Å². The van der Waals surface area contributed by atoms with Crippen LogP contribution < -0.4 is 5.32 Å². The van der Waals surface area contributed by atoms with Gasteiger partial charge in [0.1, 0.15) is 0 Å². The Morgan fingerprint density at radius 3 is 2.15 bits per heavy atom. The summed E-state index contributed by atoms with van der Waals surface area (Å²) in [5.41, 5.74) is 1.48. The number of carbonyl (C=O) groups excluding carboxylic acids is 1. The van der Waals surface area contributed by atoms with Crippen LogP contribution in [0.4, 0.5) is 0 Å². The van der Waals surface area contributed by atoms with Gasteiger partial charge in [0.2, 0.25) is 0 Å². The van der Waals surface area contributed by atoms with Gasteiger partial charge in [-0.05, 0) is 41.5 Å². The Hall–Kier alpha value is -2.62. The highest BCUT2D eigenvalue weighted by molar-refractivity contribution is 5.95. The Morgan fingerprint density at radius 2 is 1.58 bits per heavy atom. The molecule has 0 aliphatic rings. The molecule has 0 aliphatic heterocycles. The molecule has 26 heavy (non-hydrogen) atoms. The number of hydrogen-bond donors (Lipinski definition) is 2. The molecular formula is C22H27NO3. The van der Waals surface area contributed by atoms with Crippen LogP contribution in [-0.4, -0.2) is 17.0 Å². The molecule has 2 atom stereocenters. The van der Waals surface area contributed by atoms with Gasteiger partial charge >= 0.3 is 5.97 Å². The van der Waals surface area contributed by atoms with Crippen molar-refractivity contribution in [2.24, 2.45) is 11.3 Å². The number of carboxylic acids is 1. The molecule has 2 aromatic rings. The minimum absolute atomic E-state index is 0.0495. The summed E-state index contributed by atoms with van der Waals surface area (Å²) in [5, 5.41) is 12.6. The van der Waals surface area contributed by atoms with Gasteiger partial charge in [-0.15, -0.1) is 0 Å². The lowest BCUT2D eigenvalue weighted by Gasteiger charge is -2.32. The number of nitrogens with one attached hydrogen (secondary N) is 1. The lowest BCUT2D eigenvalue weighted by molar-refractivity contribution is 0.0692. The number of benzene rings is 2. The van der Waals surface area contributed by atoms with E-state index in [9.17, 15) is 14.7 Å². The van der Waals surface area contributed by atoms with Crippen LogP contribution in [0.15, 0.2) is 54.6 Å². The van der Waals surface area contributed by atoms with Gasteiger partial charge in [0.05, 0.1) is 11.6 Å². The second kappa shape index (κ2) is 8.17. The van der Waals surface area contributed by atoms with Crippen LogP contribution in [0.1, 0.15) is 66.4 Å². The van der Waals surface area contributed by atoms with Crippen LogP contribution in [0.25, 0.3) is 0 Å². The topological polar surface area (TPSA) is 66.4 Å². The summed E-state index contributed by atoms with van der Waals surface area (Å²) in [7, 11) is 0. The fourth-order valence-corrected chi connectivity index (χ4v) is 2.80. The third-order valence-electron chi connectivity index (χ3n) is 4.98. The molecule has 0 radical (unpaired) electrons. The van der Waals surface area contributed by atoms with Crippen LogP contribution in [0, 0.1) is 11.3 Å². The third kappa shape index (κ3) is 4.94. The van der Waals surface area contributed by atoms with Crippen LogP contribution in [0.2, 0.25) is 0 Å². The zero-order valence-electron chi connectivity index (χ0n) is 15.8. The molecule has 138 valence electrons. The highest BCUT2D eigenvalue weighted by Gasteiger charge is 2.28. The molecule has 0 aromatic heterocycles. The fraction of sp³-hybridized carbons (Fsp3) is 0.364. The maximum atomic E-state index is 12.7. The zero-order chi connectivity index (χ0) is 19.3. The number of carboxylic acid groups (broad SMARTS) is 1. The summed E-state index contributed by atoms with van der Waals surface area (Å²) in [5.74, 6) is -0.898. The van der Waals surface area contributed by atoms with Gasteiger partial charge in [-0.1, -0.05) is 64.1 Å². The summed E-state index contributed by atoms with van der Waals surface area (Å²) in [4.78, 5) is 24.3.